The number of aliphatic hydroxyl groups is 2. The summed E-state index contributed by atoms with van der Waals surface area (Å²) in [6, 6.07) is -3.95. The Bertz CT molecular complexity index is 608. The number of nitrogens with zero attached hydrogens (tertiary/aromatic N) is 1. The van der Waals surface area contributed by atoms with Gasteiger partial charge in [0.2, 0.25) is 17.7 Å². The van der Waals surface area contributed by atoms with E-state index >= 15 is 0 Å². The first-order chi connectivity index (χ1) is 13.5. The van der Waals surface area contributed by atoms with Crippen molar-refractivity contribution in [3.8, 4) is 0 Å². The van der Waals surface area contributed by atoms with Crippen LogP contribution in [-0.2, 0) is 19.2 Å². The summed E-state index contributed by atoms with van der Waals surface area (Å²) in [4.78, 5) is 50.5. The zero-order valence-electron chi connectivity index (χ0n) is 16.0. The molecule has 14 nitrogen and oxygen atoms in total. The van der Waals surface area contributed by atoms with E-state index in [2.05, 4.69) is 15.6 Å². The summed E-state index contributed by atoms with van der Waals surface area (Å²) in [5, 5.41) is 34.0. The molecule has 0 aliphatic heterocycles. The molecule has 0 bridgehead atoms. The number of carbonyl (C=O) groups excluding carboxylic acids is 3. The van der Waals surface area contributed by atoms with Gasteiger partial charge in [0, 0.05) is 6.54 Å². The maximum Gasteiger partial charge on any atom is 0.322 e. The van der Waals surface area contributed by atoms with Crippen molar-refractivity contribution in [1.29, 1.82) is 0 Å². The molecular weight excluding hydrogens is 390 g/mol. The molecular formula is C15H29N7O7. The number of aliphatic hydroxyl groups excluding tert-OH is 2. The second-order valence-electron chi connectivity index (χ2n) is 6.14. The zero-order valence-corrected chi connectivity index (χ0v) is 16.0. The molecule has 166 valence electrons. The van der Waals surface area contributed by atoms with E-state index in [1.165, 1.54) is 6.92 Å². The van der Waals surface area contributed by atoms with Gasteiger partial charge in [-0.15, -0.1) is 0 Å². The van der Waals surface area contributed by atoms with Crippen molar-refractivity contribution in [2.24, 2.45) is 22.2 Å². The van der Waals surface area contributed by atoms with E-state index in [1.807, 2.05) is 5.32 Å². The molecule has 0 aliphatic rings. The van der Waals surface area contributed by atoms with Crippen molar-refractivity contribution in [2.45, 2.75) is 44.0 Å². The van der Waals surface area contributed by atoms with Gasteiger partial charge >= 0.3 is 5.97 Å². The molecule has 0 rings (SSSR count). The predicted octanol–water partition coefficient (Wildman–Crippen LogP) is -5.09. The van der Waals surface area contributed by atoms with Crippen LogP contribution in [0.3, 0.4) is 0 Å². The Balaban J connectivity index is 4.78. The average molecular weight is 419 g/mol. The maximum atomic E-state index is 12.2. The van der Waals surface area contributed by atoms with Gasteiger partial charge in [-0.1, -0.05) is 0 Å². The van der Waals surface area contributed by atoms with E-state index in [9.17, 15) is 29.4 Å². The molecule has 0 aromatic carbocycles. The summed E-state index contributed by atoms with van der Waals surface area (Å²) in [6.45, 7) is -0.0621. The first-order valence-corrected chi connectivity index (χ1v) is 8.69. The number of hydrogen-bond donors (Lipinski definition) is 9. The van der Waals surface area contributed by atoms with Crippen LogP contribution in [0, 0.1) is 0 Å². The summed E-state index contributed by atoms with van der Waals surface area (Å²) in [5.41, 5.74) is 16.1. The molecule has 0 fully saturated rings. The monoisotopic (exact) mass is 419 g/mol. The number of carboxylic acid groups (broad SMARTS) is 1. The first kappa shape index (κ1) is 26.0. The molecule has 29 heavy (non-hydrogen) atoms. The molecule has 12 N–H and O–H groups in total. The largest absolute Gasteiger partial charge is 0.480 e. The number of carbonyl (C=O) groups is 4. The van der Waals surface area contributed by atoms with Gasteiger partial charge in [0.15, 0.2) is 5.96 Å². The molecule has 0 aromatic rings. The van der Waals surface area contributed by atoms with Crippen molar-refractivity contribution in [2.75, 3.05) is 19.7 Å². The van der Waals surface area contributed by atoms with E-state index in [1.54, 1.807) is 0 Å². The highest BCUT2D eigenvalue weighted by atomic mass is 16.4. The Labute approximate surface area is 166 Å². The fourth-order valence-electron chi connectivity index (χ4n) is 2.06. The van der Waals surface area contributed by atoms with Crippen LogP contribution in [0.5, 0.6) is 0 Å². The van der Waals surface area contributed by atoms with E-state index in [4.69, 9.17) is 22.3 Å². The van der Waals surface area contributed by atoms with Crippen molar-refractivity contribution in [1.82, 2.24) is 16.0 Å². The summed E-state index contributed by atoms with van der Waals surface area (Å²) in [7, 11) is 0. The van der Waals surface area contributed by atoms with Crippen molar-refractivity contribution >= 4 is 29.7 Å². The van der Waals surface area contributed by atoms with Crippen LogP contribution in [0.4, 0.5) is 0 Å². The topological polar surface area (TPSA) is 255 Å². The number of rotatable bonds is 13. The average Bonchev–Trinajstić information content (AvgIpc) is 2.64. The minimum absolute atomic E-state index is 0.0971. The van der Waals surface area contributed by atoms with Crippen LogP contribution in [-0.4, -0.2) is 88.9 Å². The van der Waals surface area contributed by atoms with Crippen LogP contribution in [0.2, 0.25) is 0 Å². The molecule has 14 heteroatoms. The van der Waals surface area contributed by atoms with Gasteiger partial charge in [-0.05, 0) is 19.8 Å². The lowest BCUT2D eigenvalue weighted by atomic mass is 10.1. The maximum absolute atomic E-state index is 12.2. The zero-order chi connectivity index (χ0) is 22.6. The number of guanidine groups is 1. The standard InChI is InChI=1S/C15H29N7O7/c1-7(24)11(14(29)20-5-10(25)26)22-13(28)9(6-23)21-12(27)8(16)3-2-4-19-15(17)18/h7-9,11,23-24H,2-6,16H2,1H3,(H,20,29)(H,21,27)(H,22,28)(H,25,26)(H4,17,18,19). The number of carboxylic acids is 1. The van der Waals surface area contributed by atoms with E-state index in [0.717, 1.165) is 0 Å². The minimum atomic E-state index is -1.50. The van der Waals surface area contributed by atoms with Gasteiger partial charge in [0.25, 0.3) is 0 Å². The molecule has 4 atom stereocenters. The Hall–Kier alpha value is -2.97. The molecule has 0 aromatic heterocycles. The molecule has 0 saturated heterocycles. The van der Waals surface area contributed by atoms with Crippen LogP contribution in [0.15, 0.2) is 4.99 Å². The second kappa shape index (κ2) is 13.2. The van der Waals surface area contributed by atoms with Crippen LogP contribution < -0.4 is 33.2 Å². The van der Waals surface area contributed by atoms with Crippen molar-refractivity contribution in [3.63, 3.8) is 0 Å². The summed E-state index contributed by atoms with van der Waals surface area (Å²) < 4.78 is 0. The van der Waals surface area contributed by atoms with E-state index in [-0.39, 0.29) is 18.9 Å². The summed E-state index contributed by atoms with van der Waals surface area (Å²) >= 11 is 0. The van der Waals surface area contributed by atoms with Crippen LogP contribution in [0.1, 0.15) is 19.8 Å². The van der Waals surface area contributed by atoms with Crippen LogP contribution >= 0.6 is 0 Å². The van der Waals surface area contributed by atoms with Crippen molar-refractivity contribution < 1.29 is 34.5 Å². The number of aliphatic carboxylic acids is 1. The number of amides is 3. The molecule has 4 unspecified atom stereocenters. The second-order valence-corrected chi connectivity index (χ2v) is 6.14. The number of nitrogens with two attached hydrogens (primary N) is 3. The molecule has 3 amide bonds. The van der Waals surface area contributed by atoms with Gasteiger partial charge in [-0.2, -0.15) is 0 Å². The van der Waals surface area contributed by atoms with Gasteiger partial charge in [-0.3, -0.25) is 24.2 Å². The number of aliphatic imine (C=N–C) groups is 1. The molecule has 0 spiro atoms. The smallest absolute Gasteiger partial charge is 0.322 e. The van der Waals surface area contributed by atoms with E-state index < -0.39 is 61.1 Å². The summed E-state index contributed by atoms with van der Waals surface area (Å²) in [6.07, 6.45) is -0.771. The molecule has 0 radical (unpaired) electrons. The number of nitrogens with one attached hydrogen (secondary N) is 3. The quantitative estimate of drug-likeness (QED) is 0.0779. The van der Waals surface area contributed by atoms with Gasteiger partial charge < -0.3 is 48.5 Å². The fourth-order valence-corrected chi connectivity index (χ4v) is 2.06. The third-order valence-corrected chi connectivity index (χ3v) is 3.60. The molecule has 0 heterocycles. The highest BCUT2D eigenvalue weighted by molar-refractivity contribution is 5.94. The van der Waals surface area contributed by atoms with Gasteiger partial charge in [0.1, 0.15) is 18.6 Å². The Kier molecular flexibility index (Phi) is 11.9. The van der Waals surface area contributed by atoms with Crippen molar-refractivity contribution in [3.05, 3.63) is 0 Å². The fraction of sp³-hybridized carbons (Fsp3) is 0.667. The Morgan fingerprint density at radius 3 is 2.17 bits per heavy atom. The Morgan fingerprint density at radius 2 is 1.69 bits per heavy atom. The third-order valence-electron chi connectivity index (χ3n) is 3.60. The lowest BCUT2D eigenvalue weighted by molar-refractivity contribution is -0.139. The lowest BCUT2D eigenvalue weighted by Crippen LogP contribution is -2.59. The van der Waals surface area contributed by atoms with E-state index in [0.29, 0.717) is 6.42 Å². The highest BCUT2D eigenvalue weighted by Crippen LogP contribution is 1.99. The highest BCUT2D eigenvalue weighted by Gasteiger charge is 2.30. The lowest BCUT2D eigenvalue weighted by Gasteiger charge is -2.24. The normalized spacial score (nSPS) is 14.6. The molecule has 0 saturated carbocycles. The SMILES string of the molecule is CC(O)C(NC(=O)C(CO)NC(=O)C(N)CCCN=C(N)N)C(=O)NCC(=O)O. The first-order valence-electron chi connectivity index (χ1n) is 8.69. The number of hydrogen-bond acceptors (Lipinski definition) is 8. The molecule has 0 aliphatic carbocycles. The van der Waals surface area contributed by atoms with Gasteiger partial charge in [0.05, 0.1) is 18.8 Å². The minimum Gasteiger partial charge on any atom is -0.480 e. The van der Waals surface area contributed by atoms with Gasteiger partial charge in [-0.25, -0.2) is 0 Å². The van der Waals surface area contributed by atoms with Crippen LogP contribution in [0.25, 0.3) is 0 Å². The summed E-state index contributed by atoms with van der Waals surface area (Å²) in [5.74, 6) is -4.06. The third kappa shape index (κ3) is 10.8. The predicted molar refractivity (Wildman–Crippen MR) is 101 cm³/mol. The Morgan fingerprint density at radius 1 is 1.07 bits per heavy atom.